The van der Waals surface area contributed by atoms with E-state index in [-0.39, 0.29) is 22.9 Å². The molecule has 0 radical (unpaired) electrons. The number of H-pyrrole nitrogens is 1. The summed E-state index contributed by atoms with van der Waals surface area (Å²) < 4.78 is 41.1. The number of ether oxygens (including phenoxy) is 2. The van der Waals surface area contributed by atoms with Crippen LogP contribution in [0.1, 0.15) is 97.7 Å². The molecule has 3 N–H and O–H groups in total. The van der Waals surface area contributed by atoms with Crippen LogP contribution >= 0.6 is 0 Å². The number of fused-ring (bicyclic) bond motifs is 1. The Labute approximate surface area is 360 Å². The molecule has 0 unspecified atom stereocenters. The fourth-order valence-corrected chi connectivity index (χ4v) is 11.3. The number of carbonyl (C=O) groups is 1. The van der Waals surface area contributed by atoms with Gasteiger partial charge in [0.2, 0.25) is 0 Å². The van der Waals surface area contributed by atoms with Gasteiger partial charge in [-0.25, -0.2) is 14.7 Å². The number of piperidine rings is 1. The van der Waals surface area contributed by atoms with Crippen molar-refractivity contribution in [2.45, 2.75) is 87.2 Å². The van der Waals surface area contributed by atoms with E-state index in [1.807, 2.05) is 12.1 Å². The van der Waals surface area contributed by atoms with Crippen molar-refractivity contribution >= 4 is 44.0 Å². The molecule has 10 rings (SSSR count). The average molecular weight is 861 g/mol. The van der Waals surface area contributed by atoms with Gasteiger partial charge in [-0.2, -0.15) is 8.42 Å². The number of amides is 1. The van der Waals surface area contributed by atoms with Crippen molar-refractivity contribution in [1.82, 2.24) is 24.6 Å². The molecule has 2 aliphatic carbocycles. The van der Waals surface area contributed by atoms with Crippen LogP contribution in [0.15, 0.2) is 84.3 Å². The van der Waals surface area contributed by atoms with Gasteiger partial charge in [0, 0.05) is 68.3 Å². The zero-order valence-electron chi connectivity index (χ0n) is 34.6. The number of nitro groups is 1. The Morgan fingerprint density at radius 2 is 1.74 bits per heavy atom. The van der Waals surface area contributed by atoms with Gasteiger partial charge in [0.15, 0.2) is 5.03 Å². The number of anilines is 2. The smallest absolute Gasteiger partial charge is 0.296 e. The fourth-order valence-electron chi connectivity index (χ4n) is 10.3. The van der Waals surface area contributed by atoms with Gasteiger partial charge in [0.25, 0.3) is 21.6 Å². The highest BCUT2D eigenvalue weighted by molar-refractivity contribution is 7.90. The van der Waals surface area contributed by atoms with E-state index in [2.05, 4.69) is 59.1 Å². The third-order valence-electron chi connectivity index (χ3n) is 14.0. The lowest BCUT2D eigenvalue weighted by Crippen LogP contribution is -2.54. The van der Waals surface area contributed by atoms with Gasteiger partial charge in [-0.05, 0) is 123 Å². The minimum absolute atomic E-state index is 0.0329. The molecule has 3 saturated heterocycles. The van der Waals surface area contributed by atoms with Crippen LogP contribution in [-0.2, 0) is 14.8 Å². The molecule has 324 valence electrons. The van der Waals surface area contributed by atoms with Crippen LogP contribution < -0.4 is 19.7 Å². The monoisotopic (exact) mass is 860 g/mol. The summed E-state index contributed by atoms with van der Waals surface area (Å²) in [4.78, 5) is 41.9. The molecule has 5 aromatic rings. The van der Waals surface area contributed by atoms with Crippen LogP contribution in [0, 0.1) is 21.4 Å². The fraction of sp³-hybridized carbons (Fsp3) is 0.457. The van der Waals surface area contributed by atoms with E-state index < -0.39 is 31.6 Å². The summed E-state index contributed by atoms with van der Waals surface area (Å²) in [5, 5.41) is 15.3. The number of aromatic nitrogens is 3. The van der Waals surface area contributed by atoms with Gasteiger partial charge < -0.3 is 24.7 Å². The molecule has 1 spiro atoms. The van der Waals surface area contributed by atoms with Gasteiger partial charge in [-0.1, -0.05) is 24.3 Å². The standard InChI is InChI=1S/C46H52N8O7S/c55-45(51-62(58,59)43-24-41(54(56)57)39(29-49-43)48-27-30-12-20-60-21-13-30)38-10-9-33(23-42(38)61-35-22-32-11-16-47-44(32)50-28-35)52-18-14-46(15-19-52)25-34(26-46)53-17-3-6-40(53)37-5-2-1-4-36(37)31-7-8-31/h1-2,4-5,9-11,16,22-24,28-31,34,40,48H,3,6-8,12-15,17-21,25-27H2,(H,47,50)(H,51,55)/t40-/m0/s1. The molecule has 5 aliphatic rings. The number of benzene rings is 2. The number of carbonyl (C=O) groups excluding carboxylic acids is 1. The maximum Gasteiger partial charge on any atom is 0.296 e. The molecular weight excluding hydrogens is 809 g/mol. The number of hydrogen-bond donors (Lipinski definition) is 3. The summed E-state index contributed by atoms with van der Waals surface area (Å²) in [6.07, 6.45) is 15.7. The first kappa shape index (κ1) is 40.5. The normalized spacial score (nSPS) is 20.9. The number of hydrogen-bond acceptors (Lipinski definition) is 12. The minimum atomic E-state index is -4.65. The largest absolute Gasteiger partial charge is 0.455 e. The highest BCUT2D eigenvalue weighted by atomic mass is 32.2. The number of rotatable bonds is 13. The second kappa shape index (κ2) is 16.6. The van der Waals surface area contributed by atoms with Crippen LogP contribution in [-0.4, -0.2) is 84.5 Å². The molecule has 2 saturated carbocycles. The summed E-state index contributed by atoms with van der Waals surface area (Å²) in [5.74, 6) is 0.547. The van der Waals surface area contributed by atoms with Crippen LogP contribution in [0.2, 0.25) is 0 Å². The molecule has 16 heteroatoms. The van der Waals surface area contributed by atoms with Crippen molar-refractivity contribution in [3.63, 3.8) is 0 Å². The highest BCUT2D eigenvalue weighted by Gasteiger charge is 2.50. The molecule has 2 aromatic carbocycles. The lowest BCUT2D eigenvalue weighted by molar-refractivity contribution is -0.384. The molecular formula is C46H52N8O7S. The van der Waals surface area contributed by atoms with Crippen molar-refractivity contribution in [2.24, 2.45) is 11.3 Å². The maximum atomic E-state index is 13.9. The van der Waals surface area contributed by atoms with E-state index in [0.29, 0.717) is 48.7 Å². The SMILES string of the molecule is O=C(NS(=O)(=O)c1cc([N+](=O)[O-])c(NCC2CCOCC2)cn1)c1ccc(N2CCC3(CC2)CC(N2CCC[C@H]2c2ccccc2C2CC2)C3)cc1Oc1cnc2[nH]ccc2c1. The number of pyridine rings is 2. The molecule has 3 aromatic heterocycles. The van der Waals surface area contributed by atoms with Gasteiger partial charge in [0.1, 0.15) is 22.8 Å². The Bertz CT molecular complexity index is 2590. The number of nitrogens with one attached hydrogen (secondary N) is 3. The molecule has 5 fully saturated rings. The van der Waals surface area contributed by atoms with Crippen LogP contribution in [0.25, 0.3) is 11.0 Å². The topological polar surface area (TPSA) is 185 Å². The Morgan fingerprint density at radius 3 is 2.52 bits per heavy atom. The van der Waals surface area contributed by atoms with Crippen LogP contribution in [0.5, 0.6) is 11.5 Å². The second-order valence-electron chi connectivity index (χ2n) is 17.9. The molecule has 0 bridgehead atoms. The van der Waals surface area contributed by atoms with E-state index in [4.69, 9.17) is 9.47 Å². The van der Waals surface area contributed by atoms with Gasteiger partial charge in [0.05, 0.1) is 28.9 Å². The maximum absolute atomic E-state index is 13.9. The zero-order valence-corrected chi connectivity index (χ0v) is 35.4. The van der Waals surface area contributed by atoms with E-state index in [0.717, 1.165) is 68.0 Å². The zero-order chi connectivity index (χ0) is 42.4. The number of likely N-dealkylation sites (tertiary alicyclic amines) is 1. The molecule has 1 amide bonds. The van der Waals surface area contributed by atoms with Crippen LogP contribution in [0.4, 0.5) is 17.1 Å². The minimum Gasteiger partial charge on any atom is -0.455 e. The van der Waals surface area contributed by atoms with E-state index >= 15 is 0 Å². The van der Waals surface area contributed by atoms with Crippen LogP contribution in [0.3, 0.4) is 0 Å². The van der Waals surface area contributed by atoms with Crippen molar-refractivity contribution in [3.05, 3.63) is 106 Å². The van der Waals surface area contributed by atoms with E-state index in [9.17, 15) is 23.3 Å². The summed E-state index contributed by atoms with van der Waals surface area (Å²) in [6.45, 7) is 4.56. The third-order valence-corrected chi connectivity index (χ3v) is 15.2. The number of sulfonamides is 1. The molecule has 15 nitrogen and oxygen atoms in total. The summed E-state index contributed by atoms with van der Waals surface area (Å²) in [5.41, 5.74) is 4.58. The summed E-state index contributed by atoms with van der Waals surface area (Å²) in [7, 11) is -4.65. The first-order valence-electron chi connectivity index (χ1n) is 22.0. The predicted molar refractivity (Wildman–Crippen MR) is 234 cm³/mol. The molecule has 62 heavy (non-hydrogen) atoms. The second-order valence-corrected chi connectivity index (χ2v) is 19.5. The Morgan fingerprint density at radius 1 is 0.952 bits per heavy atom. The first-order chi connectivity index (χ1) is 30.1. The molecule has 6 heterocycles. The van der Waals surface area contributed by atoms with Crippen molar-refractivity contribution in [2.75, 3.05) is 49.6 Å². The molecule has 1 atom stereocenters. The van der Waals surface area contributed by atoms with Crippen molar-refractivity contribution in [3.8, 4) is 11.5 Å². The van der Waals surface area contributed by atoms with Crippen molar-refractivity contribution in [1.29, 1.82) is 0 Å². The highest BCUT2D eigenvalue weighted by Crippen LogP contribution is 2.55. The summed E-state index contributed by atoms with van der Waals surface area (Å²) in [6, 6.07) is 20.0. The third kappa shape index (κ3) is 8.22. The average Bonchev–Trinajstić information content (AvgIpc) is 3.82. The van der Waals surface area contributed by atoms with Crippen molar-refractivity contribution < 1.29 is 27.6 Å². The lowest BCUT2D eigenvalue weighted by Gasteiger charge is -2.56. The van der Waals surface area contributed by atoms with Gasteiger partial charge in [-0.15, -0.1) is 0 Å². The number of nitrogens with zero attached hydrogens (tertiary/aromatic N) is 5. The Hall–Kier alpha value is -5.58. The van der Waals surface area contributed by atoms with Gasteiger partial charge >= 0.3 is 0 Å². The Kier molecular flexibility index (Phi) is 10.8. The first-order valence-corrected chi connectivity index (χ1v) is 23.5. The summed E-state index contributed by atoms with van der Waals surface area (Å²) >= 11 is 0. The number of aromatic amines is 1. The van der Waals surface area contributed by atoms with E-state index in [1.165, 1.54) is 51.3 Å². The Balaban J connectivity index is 0.841. The van der Waals surface area contributed by atoms with E-state index in [1.54, 1.807) is 35.5 Å². The quantitative estimate of drug-likeness (QED) is 0.0765. The predicted octanol–water partition coefficient (Wildman–Crippen LogP) is 8.08. The lowest BCUT2D eigenvalue weighted by atomic mass is 9.59. The van der Waals surface area contributed by atoms with Gasteiger partial charge in [-0.3, -0.25) is 19.8 Å². The molecule has 3 aliphatic heterocycles.